The Bertz CT molecular complexity index is 1190. The lowest BCUT2D eigenvalue weighted by Crippen LogP contribution is -2.08. The smallest absolute Gasteiger partial charge is 0.345 e. The molecule has 0 radical (unpaired) electrons. The molecule has 4 aromatic rings. The number of carbonyl (C=O) groups is 1. The van der Waals surface area contributed by atoms with Crippen molar-refractivity contribution in [2.75, 3.05) is 6.61 Å². The quantitative estimate of drug-likeness (QED) is 0.484. The van der Waals surface area contributed by atoms with E-state index in [9.17, 15) is 9.90 Å². The van der Waals surface area contributed by atoms with Crippen LogP contribution in [0.4, 0.5) is 0 Å². The van der Waals surface area contributed by atoms with Gasteiger partial charge in [0.1, 0.15) is 5.56 Å². The molecule has 0 aliphatic heterocycles. The van der Waals surface area contributed by atoms with Crippen LogP contribution in [0.15, 0.2) is 70.7 Å². The number of hydrogen-bond acceptors (Lipinski definition) is 6. The Morgan fingerprint density at radius 3 is 2.69 bits per heavy atom. The van der Waals surface area contributed by atoms with Crippen molar-refractivity contribution in [2.24, 2.45) is 0 Å². The van der Waals surface area contributed by atoms with Gasteiger partial charge in [0.25, 0.3) is 0 Å². The molecule has 2 aromatic carbocycles. The third kappa shape index (κ3) is 3.69. The van der Waals surface area contributed by atoms with Crippen LogP contribution in [-0.2, 0) is 4.74 Å². The van der Waals surface area contributed by atoms with Gasteiger partial charge in [-0.15, -0.1) is 0 Å². The third-order valence-corrected chi connectivity index (χ3v) is 5.64. The van der Waals surface area contributed by atoms with Crippen LogP contribution in [0, 0.1) is 6.92 Å². The summed E-state index contributed by atoms with van der Waals surface area (Å²) >= 11 is 1.71. The van der Waals surface area contributed by atoms with Crippen molar-refractivity contribution >= 4 is 23.4 Å². The lowest BCUT2D eigenvalue weighted by molar-refractivity contribution is 0.0521. The molecule has 0 atom stereocenters. The number of aryl methyl sites for hydroxylation is 1. The monoisotopic (exact) mass is 405 g/mol. The lowest BCUT2D eigenvalue weighted by Gasteiger charge is -2.08. The van der Waals surface area contributed by atoms with E-state index in [2.05, 4.69) is 41.3 Å². The van der Waals surface area contributed by atoms with E-state index in [1.165, 1.54) is 15.6 Å². The highest BCUT2D eigenvalue weighted by molar-refractivity contribution is 7.99. The molecule has 0 aliphatic carbocycles. The van der Waals surface area contributed by atoms with Crippen molar-refractivity contribution in [3.8, 4) is 17.0 Å². The molecule has 2 aromatic heterocycles. The first-order chi connectivity index (χ1) is 14.1. The summed E-state index contributed by atoms with van der Waals surface area (Å²) < 4.78 is 6.20. The Balaban J connectivity index is 1.69. The van der Waals surface area contributed by atoms with Crippen molar-refractivity contribution in [1.82, 2.24) is 14.6 Å². The van der Waals surface area contributed by atoms with E-state index < -0.39 is 5.97 Å². The molecule has 1 N–H and O–H groups in total. The van der Waals surface area contributed by atoms with E-state index in [4.69, 9.17) is 4.74 Å². The van der Waals surface area contributed by atoms with Crippen LogP contribution in [0.2, 0.25) is 0 Å². The number of rotatable bonds is 5. The topological polar surface area (TPSA) is 76.7 Å². The van der Waals surface area contributed by atoms with Crippen LogP contribution < -0.4 is 0 Å². The number of carbonyl (C=O) groups excluding carboxylic acids is 1. The maximum Gasteiger partial charge on any atom is 0.345 e. The zero-order valence-electron chi connectivity index (χ0n) is 16.0. The van der Waals surface area contributed by atoms with Crippen molar-refractivity contribution in [3.05, 3.63) is 72.1 Å². The lowest BCUT2D eigenvalue weighted by atomic mass is 10.1. The summed E-state index contributed by atoms with van der Waals surface area (Å²) in [4.78, 5) is 18.6. The molecule has 0 unspecified atom stereocenters. The summed E-state index contributed by atoms with van der Waals surface area (Å²) in [6.45, 7) is 3.98. The van der Waals surface area contributed by atoms with E-state index in [0.29, 0.717) is 5.65 Å². The molecule has 0 bridgehead atoms. The number of esters is 1. The number of ether oxygens (including phenoxy) is 1. The van der Waals surface area contributed by atoms with Gasteiger partial charge in [-0.2, -0.15) is 9.61 Å². The molecule has 0 saturated heterocycles. The van der Waals surface area contributed by atoms with Crippen LogP contribution in [0.3, 0.4) is 0 Å². The van der Waals surface area contributed by atoms with Crippen molar-refractivity contribution in [2.45, 2.75) is 23.6 Å². The molecule has 29 heavy (non-hydrogen) atoms. The molecule has 0 aliphatic rings. The van der Waals surface area contributed by atoms with E-state index in [1.54, 1.807) is 24.9 Å². The molecular weight excluding hydrogens is 386 g/mol. The minimum Gasteiger partial charge on any atom is -0.493 e. The van der Waals surface area contributed by atoms with Gasteiger partial charge in [0.15, 0.2) is 5.65 Å². The van der Waals surface area contributed by atoms with Crippen LogP contribution in [0.25, 0.3) is 16.8 Å². The van der Waals surface area contributed by atoms with Crippen molar-refractivity contribution in [3.63, 3.8) is 0 Å². The second-order valence-electron chi connectivity index (χ2n) is 6.40. The number of aromatic nitrogens is 3. The van der Waals surface area contributed by atoms with Crippen LogP contribution in [-0.4, -0.2) is 32.3 Å². The zero-order valence-corrected chi connectivity index (χ0v) is 16.8. The highest BCUT2D eigenvalue weighted by Gasteiger charge is 2.19. The fraction of sp³-hybridized carbons (Fsp3) is 0.136. The maximum absolute atomic E-state index is 12.0. The summed E-state index contributed by atoms with van der Waals surface area (Å²) in [5.74, 6) is -0.915. The molecule has 6 nitrogen and oxygen atoms in total. The van der Waals surface area contributed by atoms with Gasteiger partial charge in [0, 0.05) is 21.6 Å². The Kier molecular flexibility index (Phi) is 5.22. The van der Waals surface area contributed by atoms with Crippen molar-refractivity contribution < 1.29 is 14.6 Å². The summed E-state index contributed by atoms with van der Waals surface area (Å²) in [7, 11) is 0. The summed E-state index contributed by atoms with van der Waals surface area (Å²) in [6.07, 6.45) is 2.95. The summed E-state index contributed by atoms with van der Waals surface area (Å²) in [6, 6.07) is 16.4. The Labute approximate surface area is 172 Å². The van der Waals surface area contributed by atoms with Gasteiger partial charge in [-0.05, 0) is 43.2 Å². The Hall–Kier alpha value is -3.32. The molecule has 0 fully saturated rings. The average Bonchev–Trinajstić information content (AvgIpc) is 3.16. The molecule has 0 amide bonds. The first kappa shape index (κ1) is 19.0. The van der Waals surface area contributed by atoms with Gasteiger partial charge in [-0.25, -0.2) is 9.78 Å². The second-order valence-corrected chi connectivity index (χ2v) is 7.52. The van der Waals surface area contributed by atoms with E-state index >= 15 is 0 Å². The molecule has 0 saturated carbocycles. The highest BCUT2D eigenvalue weighted by Crippen LogP contribution is 2.34. The molecule has 4 rings (SSSR count). The van der Waals surface area contributed by atoms with Gasteiger partial charge >= 0.3 is 5.97 Å². The molecular formula is C22H19N3O3S. The Morgan fingerprint density at radius 2 is 1.97 bits per heavy atom. The SMILES string of the molecule is CCOC(=O)c1cnc2c(-c3ccc(Sc4ccccc4)c(C)c3)cnn2c1O. The number of benzene rings is 2. The molecule has 146 valence electrons. The average molecular weight is 405 g/mol. The largest absolute Gasteiger partial charge is 0.493 e. The number of aromatic hydroxyl groups is 1. The predicted molar refractivity (Wildman–Crippen MR) is 111 cm³/mol. The van der Waals surface area contributed by atoms with Gasteiger partial charge in [-0.1, -0.05) is 42.1 Å². The standard InChI is InChI=1S/C22H19N3O3S/c1-3-28-22(27)18-12-23-20-17(13-24-25(20)21(18)26)15-9-10-19(14(2)11-15)29-16-7-5-4-6-8-16/h4-13,26H,3H2,1-2H3. The normalized spacial score (nSPS) is 11.0. The Morgan fingerprint density at radius 1 is 1.17 bits per heavy atom. The number of hydrogen-bond donors (Lipinski definition) is 1. The third-order valence-electron chi connectivity index (χ3n) is 4.45. The minimum absolute atomic E-state index is 0.0141. The first-order valence-electron chi connectivity index (χ1n) is 9.15. The summed E-state index contributed by atoms with van der Waals surface area (Å²) in [5.41, 5.74) is 3.29. The van der Waals surface area contributed by atoms with E-state index in [-0.39, 0.29) is 18.1 Å². The summed E-state index contributed by atoms with van der Waals surface area (Å²) in [5, 5.41) is 14.6. The van der Waals surface area contributed by atoms with E-state index in [1.807, 2.05) is 24.3 Å². The van der Waals surface area contributed by atoms with Gasteiger partial charge in [0.05, 0.1) is 12.8 Å². The van der Waals surface area contributed by atoms with Crippen molar-refractivity contribution in [1.29, 1.82) is 0 Å². The maximum atomic E-state index is 12.0. The first-order valence-corrected chi connectivity index (χ1v) is 9.97. The molecule has 0 spiro atoms. The zero-order chi connectivity index (χ0) is 20.4. The number of fused-ring (bicyclic) bond motifs is 1. The predicted octanol–water partition coefficient (Wildman–Crippen LogP) is 4.74. The van der Waals surface area contributed by atoms with Gasteiger partial charge in [0.2, 0.25) is 5.88 Å². The number of nitrogens with zero attached hydrogens (tertiary/aromatic N) is 3. The molecule has 2 heterocycles. The van der Waals surface area contributed by atoms with E-state index in [0.717, 1.165) is 21.6 Å². The second kappa shape index (κ2) is 7.97. The fourth-order valence-corrected chi connectivity index (χ4v) is 3.93. The van der Waals surface area contributed by atoms with Crippen LogP contribution in [0.1, 0.15) is 22.8 Å². The minimum atomic E-state index is -0.630. The van der Waals surface area contributed by atoms with Gasteiger partial charge < -0.3 is 9.84 Å². The van der Waals surface area contributed by atoms with Crippen LogP contribution in [0.5, 0.6) is 5.88 Å². The fourth-order valence-electron chi connectivity index (χ4n) is 3.02. The van der Waals surface area contributed by atoms with Crippen LogP contribution >= 0.6 is 11.8 Å². The highest BCUT2D eigenvalue weighted by atomic mass is 32.2. The molecule has 7 heteroatoms. The van der Waals surface area contributed by atoms with Gasteiger partial charge in [-0.3, -0.25) is 0 Å².